The smallest absolute Gasteiger partial charge is 0.338 e. The van der Waals surface area contributed by atoms with E-state index in [4.69, 9.17) is 23.9 Å². The highest BCUT2D eigenvalue weighted by molar-refractivity contribution is 7.07. The Labute approximate surface area is 250 Å². The number of ether oxygens (including phenoxy) is 4. The summed E-state index contributed by atoms with van der Waals surface area (Å²) in [6.07, 6.45) is 1.17. The summed E-state index contributed by atoms with van der Waals surface area (Å²) in [5.74, 6) is -0.562. The maximum Gasteiger partial charge on any atom is 0.338 e. The van der Waals surface area contributed by atoms with Crippen molar-refractivity contribution in [1.29, 1.82) is 0 Å². The molecule has 6 rings (SSSR count). The number of amides is 1. The quantitative estimate of drug-likeness (QED) is 0.360. The number of aromatic nitrogens is 1. The number of hydrogen-bond acceptors (Lipinski definition) is 10. The number of nitrogens with zero attached hydrogens (tertiary/aromatic N) is 3. The van der Waals surface area contributed by atoms with E-state index < -0.39 is 29.4 Å². The largest absolute Gasteiger partial charge is 0.465 e. The first kappa shape index (κ1) is 28.4. The normalized spacial score (nSPS) is 17.9. The first-order valence-electron chi connectivity index (χ1n) is 14.1. The van der Waals surface area contributed by atoms with Gasteiger partial charge in [-0.25, -0.2) is 9.79 Å². The number of fused-ring (bicyclic) bond motifs is 3. The predicted molar refractivity (Wildman–Crippen MR) is 157 cm³/mol. The van der Waals surface area contributed by atoms with E-state index in [2.05, 4.69) is 0 Å². The van der Waals surface area contributed by atoms with E-state index in [1.807, 2.05) is 6.92 Å². The van der Waals surface area contributed by atoms with Crippen LogP contribution < -0.4 is 29.3 Å². The Morgan fingerprint density at radius 1 is 1.02 bits per heavy atom. The second-order valence-electron chi connectivity index (χ2n) is 9.94. The van der Waals surface area contributed by atoms with Crippen LogP contribution in [0, 0.1) is 0 Å². The molecule has 0 fully saturated rings. The standard InChI is InChI=1S/C31H29N3O8S/c1-4-9-19-25(30(38)40-6-3)26(17-12-13-21-22(14-17)42-16-41-21)34-29(37)27(43-31(34)32-19)24-18-10-7-8-11-20(18)33(28(24)36)15-23(35)39-5-2/h7-8,10-14,26H,4-6,9,15-16H2,1-3H3/b27-24+/t26-/m0/s1. The second-order valence-corrected chi connectivity index (χ2v) is 10.9. The van der Waals surface area contributed by atoms with Crippen molar-refractivity contribution < 1.29 is 33.3 Å². The maximum atomic E-state index is 14.4. The molecule has 3 aromatic rings. The van der Waals surface area contributed by atoms with Crippen LogP contribution in [-0.4, -0.2) is 49.0 Å². The Morgan fingerprint density at radius 2 is 1.79 bits per heavy atom. The molecule has 4 heterocycles. The number of carbonyl (C=O) groups is 3. The van der Waals surface area contributed by atoms with Crippen LogP contribution in [0.25, 0.3) is 5.57 Å². The van der Waals surface area contributed by atoms with Crippen LogP contribution in [0.2, 0.25) is 0 Å². The zero-order chi connectivity index (χ0) is 30.2. The Hall–Kier alpha value is -4.71. The minimum absolute atomic E-state index is 0.0659. The topological polar surface area (TPSA) is 126 Å². The summed E-state index contributed by atoms with van der Waals surface area (Å²) in [5, 5.41) is 0. The van der Waals surface area contributed by atoms with Crippen LogP contribution in [0.4, 0.5) is 5.69 Å². The van der Waals surface area contributed by atoms with Gasteiger partial charge in [0.25, 0.3) is 11.5 Å². The highest BCUT2D eigenvalue weighted by atomic mass is 32.1. The summed E-state index contributed by atoms with van der Waals surface area (Å²) in [7, 11) is 0. The zero-order valence-corrected chi connectivity index (χ0v) is 24.7. The number of carbonyl (C=O) groups excluding carboxylic acids is 3. The van der Waals surface area contributed by atoms with Gasteiger partial charge in [-0.05, 0) is 44.0 Å². The van der Waals surface area contributed by atoms with Crippen molar-refractivity contribution in [2.24, 2.45) is 4.99 Å². The average molecular weight is 604 g/mol. The third-order valence-electron chi connectivity index (χ3n) is 7.32. The molecule has 0 N–H and O–H groups in total. The van der Waals surface area contributed by atoms with Crippen LogP contribution in [0.3, 0.4) is 0 Å². The molecular weight excluding hydrogens is 574 g/mol. The molecule has 1 amide bonds. The number of para-hydroxylation sites is 1. The summed E-state index contributed by atoms with van der Waals surface area (Å²) in [6, 6.07) is 11.4. The van der Waals surface area contributed by atoms with Crippen molar-refractivity contribution in [2.45, 2.75) is 39.7 Å². The minimum atomic E-state index is -0.886. The molecule has 0 saturated carbocycles. The van der Waals surface area contributed by atoms with Gasteiger partial charge < -0.3 is 18.9 Å². The molecule has 0 spiro atoms. The van der Waals surface area contributed by atoms with E-state index in [0.717, 1.165) is 11.3 Å². The number of rotatable bonds is 8. The molecule has 3 aliphatic heterocycles. The van der Waals surface area contributed by atoms with Crippen LogP contribution >= 0.6 is 11.3 Å². The molecule has 0 bridgehead atoms. The average Bonchev–Trinajstić information content (AvgIpc) is 3.67. The second kappa shape index (κ2) is 11.5. The first-order valence-corrected chi connectivity index (χ1v) is 14.9. The third kappa shape index (κ3) is 4.81. The third-order valence-corrected chi connectivity index (χ3v) is 8.38. The molecule has 1 aromatic heterocycles. The Balaban J connectivity index is 1.60. The van der Waals surface area contributed by atoms with Crippen molar-refractivity contribution >= 4 is 40.4 Å². The van der Waals surface area contributed by atoms with E-state index in [1.165, 1.54) is 9.47 Å². The number of thiazole rings is 1. The fourth-order valence-corrected chi connectivity index (χ4v) is 6.67. The lowest BCUT2D eigenvalue weighted by molar-refractivity contribution is -0.142. The molecule has 1 atom stereocenters. The molecule has 0 radical (unpaired) electrons. The lowest BCUT2D eigenvalue weighted by Crippen LogP contribution is -2.41. The van der Waals surface area contributed by atoms with E-state index in [1.54, 1.807) is 56.3 Å². The number of hydrogen-bond donors (Lipinski definition) is 0. The molecular formula is C31H29N3O8S. The summed E-state index contributed by atoms with van der Waals surface area (Å²) in [5.41, 5.74) is 2.10. The van der Waals surface area contributed by atoms with E-state index in [9.17, 15) is 19.2 Å². The van der Waals surface area contributed by atoms with Gasteiger partial charge in [0.15, 0.2) is 16.3 Å². The van der Waals surface area contributed by atoms with Gasteiger partial charge in [-0.3, -0.25) is 23.9 Å². The summed E-state index contributed by atoms with van der Waals surface area (Å²) >= 11 is 1.08. The van der Waals surface area contributed by atoms with Gasteiger partial charge >= 0.3 is 11.9 Å². The van der Waals surface area contributed by atoms with E-state index in [-0.39, 0.29) is 42.2 Å². The maximum absolute atomic E-state index is 14.4. The van der Waals surface area contributed by atoms with E-state index >= 15 is 0 Å². The van der Waals surface area contributed by atoms with Crippen LogP contribution in [0.1, 0.15) is 50.8 Å². The Morgan fingerprint density at radius 3 is 2.56 bits per heavy atom. The van der Waals surface area contributed by atoms with Gasteiger partial charge in [0.05, 0.1) is 41.8 Å². The molecule has 2 aromatic carbocycles. The van der Waals surface area contributed by atoms with Gasteiger partial charge in [-0.2, -0.15) is 0 Å². The van der Waals surface area contributed by atoms with Gasteiger partial charge in [0.2, 0.25) is 6.79 Å². The number of benzene rings is 2. The van der Waals surface area contributed by atoms with Gasteiger partial charge in [0.1, 0.15) is 11.1 Å². The van der Waals surface area contributed by atoms with Crippen molar-refractivity contribution in [2.75, 3.05) is 31.5 Å². The van der Waals surface area contributed by atoms with Gasteiger partial charge in [-0.15, -0.1) is 0 Å². The lowest BCUT2D eigenvalue weighted by Gasteiger charge is -2.25. The van der Waals surface area contributed by atoms with Crippen LogP contribution in [0.15, 0.2) is 63.5 Å². The van der Waals surface area contributed by atoms with Crippen molar-refractivity contribution in [3.05, 3.63) is 84.5 Å². The number of anilines is 1. The fourth-order valence-electron chi connectivity index (χ4n) is 5.56. The monoisotopic (exact) mass is 603 g/mol. The lowest BCUT2D eigenvalue weighted by atomic mass is 9.94. The SMILES string of the molecule is CCCC1=C(C(=O)OCC)[C@H](c2ccc3c(c2)OCO3)n2c(s/c(=C3/C(=O)N(CC(=O)OCC)c4ccccc43)c2=O)=N1. The summed E-state index contributed by atoms with van der Waals surface area (Å²) < 4.78 is 23.3. The van der Waals surface area contributed by atoms with Gasteiger partial charge in [-0.1, -0.05) is 48.9 Å². The number of allylic oxidation sites excluding steroid dienone is 1. The minimum Gasteiger partial charge on any atom is -0.465 e. The molecule has 11 nitrogen and oxygen atoms in total. The highest BCUT2D eigenvalue weighted by Crippen LogP contribution is 2.39. The van der Waals surface area contributed by atoms with Crippen LogP contribution in [0.5, 0.6) is 11.5 Å². The highest BCUT2D eigenvalue weighted by Gasteiger charge is 2.39. The summed E-state index contributed by atoms with van der Waals surface area (Å²) in [4.78, 5) is 60.6. The molecule has 12 heteroatoms. The Kier molecular flexibility index (Phi) is 7.61. The molecule has 3 aliphatic rings. The zero-order valence-electron chi connectivity index (χ0n) is 23.9. The molecule has 0 saturated heterocycles. The molecule has 0 unspecified atom stereocenters. The molecule has 222 valence electrons. The first-order chi connectivity index (χ1) is 20.9. The van der Waals surface area contributed by atoms with Crippen molar-refractivity contribution in [1.82, 2.24) is 4.57 Å². The predicted octanol–water partition coefficient (Wildman–Crippen LogP) is 2.59. The number of esters is 2. The molecule has 43 heavy (non-hydrogen) atoms. The summed E-state index contributed by atoms with van der Waals surface area (Å²) in [6.45, 7) is 5.48. The molecule has 0 aliphatic carbocycles. The Bertz CT molecular complexity index is 1870. The fraction of sp³-hybridized carbons (Fsp3) is 0.323. The van der Waals surface area contributed by atoms with E-state index in [0.29, 0.717) is 51.7 Å². The van der Waals surface area contributed by atoms with Crippen molar-refractivity contribution in [3.63, 3.8) is 0 Å². The van der Waals surface area contributed by atoms with Crippen molar-refractivity contribution in [3.8, 4) is 11.5 Å². The van der Waals surface area contributed by atoms with Crippen LogP contribution in [-0.2, 0) is 23.9 Å². The van der Waals surface area contributed by atoms with Gasteiger partial charge in [0, 0.05) is 5.56 Å².